The van der Waals surface area contributed by atoms with Crippen molar-refractivity contribution in [2.24, 2.45) is 0 Å². The second kappa shape index (κ2) is 8.60. The largest absolute Gasteiger partial charge is 0.403 e. The molecule has 0 aliphatic carbocycles. The zero-order chi connectivity index (χ0) is 22.0. The monoisotopic (exact) mass is 440 g/mol. The Morgan fingerprint density at radius 1 is 0.968 bits per heavy atom. The average molecular weight is 441 g/mol. The number of hydrogen-bond donors (Lipinski definition) is 1. The summed E-state index contributed by atoms with van der Waals surface area (Å²) in [5.41, 5.74) is 3.21. The maximum atomic E-state index is 12.7. The van der Waals surface area contributed by atoms with Gasteiger partial charge in [-0.15, -0.1) is 5.10 Å². The van der Waals surface area contributed by atoms with E-state index in [-0.39, 0.29) is 10.9 Å². The number of carbonyl (C=O) groups is 1. The molecule has 8 nitrogen and oxygen atoms in total. The maximum absolute atomic E-state index is 12.7. The number of nitrogens with zero attached hydrogens (tertiary/aromatic N) is 3. The van der Waals surface area contributed by atoms with Crippen LogP contribution in [0.15, 0.2) is 51.8 Å². The van der Waals surface area contributed by atoms with Gasteiger partial charge < -0.3 is 4.42 Å². The van der Waals surface area contributed by atoms with Crippen molar-refractivity contribution in [3.05, 3.63) is 59.2 Å². The highest BCUT2D eigenvalue weighted by molar-refractivity contribution is 7.89. The smallest absolute Gasteiger partial charge is 0.322 e. The van der Waals surface area contributed by atoms with Crippen LogP contribution < -0.4 is 5.32 Å². The van der Waals surface area contributed by atoms with Gasteiger partial charge in [0.2, 0.25) is 15.9 Å². The lowest BCUT2D eigenvalue weighted by atomic mass is 10.1. The summed E-state index contributed by atoms with van der Waals surface area (Å²) in [6.07, 6.45) is 2.79. The molecule has 0 radical (unpaired) electrons. The van der Waals surface area contributed by atoms with E-state index in [1.54, 1.807) is 0 Å². The molecule has 2 heterocycles. The van der Waals surface area contributed by atoms with Crippen LogP contribution in [0.1, 0.15) is 40.7 Å². The number of sulfonamides is 1. The average Bonchev–Trinajstić information content (AvgIpc) is 3.22. The van der Waals surface area contributed by atoms with E-state index < -0.39 is 15.9 Å². The predicted molar refractivity (Wildman–Crippen MR) is 116 cm³/mol. The molecule has 0 atom stereocenters. The van der Waals surface area contributed by atoms with E-state index in [9.17, 15) is 13.2 Å². The fourth-order valence-corrected chi connectivity index (χ4v) is 5.21. The number of nitrogens with one attached hydrogen (secondary N) is 1. The molecule has 1 amide bonds. The number of aryl methyl sites for hydroxylation is 2. The van der Waals surface area contributed by atoms with E-state index in [1.807, 2.05) is 32.0 Å². The number of amides is 1. The van der Waals surface area contributed by atoms with E-state index in [0.29, 0.717) is 24.5 Å². The second-order valence-corrected chi connectivity index (χ2v) is 9.67. The lowest BCUT2D eigenvalue weighted by Gasteiger charge is -2.25. The molecule has 0 spiro atoms. The first kappa shape index (κ1) is 21.2. The number of carbonyl (C=O) groups excluding carboxylic acids is 1. The molecule has 1 saturated heterocycles. The Balaban J connectivity index is 1.46. The Hall–Kier alpha value is -3.04. The molecule has 1 aliphatic rings. The van der Waals surface area contributed by atoms with Gasteiger partial charge in [0.05, 0.1) is 4.90 Å². The Bertz CT molecular complexity index is 1180. The predicted octanol–water partition coefficient (Wildman–Crippen LogP) is 3.78. The van der Waals surface area contributed by atoms with Crippen molar-refractivity contribution in [1.29, 1.82) is 0 Å². The SMILES string of the molecule is Cc1cc(C)cc(-c2nnc(NC(=O)c3ccc(S(=O)(=O)N4CCCCC4)cc3)o2)c1. The highest BCUT2D eigenvalue weighted by Gasteiger charge is 2.26. The van der Waals surface area contributed by atoms with Gasteiger partial charge in [-0.3, -0.25) is 10.1 Å². The van der Waals surface area contributed by atoms with Crippen LogP contribution in [0.3, 0.4) is 0 Å². The number of aromatic nitrogens is 2. The quantitative estimate of drug-likeness (QED) is 0.647. The molecule has 162 valence electrons. The minimum absolute atomic E-state index is 0.0239. The molecule has 3 aromatic rings. The fraction of sp³-hybridized carbons (Fsp3) is 0.318. The van der Waals surface area contributed by atoms with Gasteiger partial charge >= 0.3 is 6.01 Å². The number of benzene rings is 2. The standard InChI is InChI=1S/C22H24N4O4S/c1-15-12-16(2)14-18(13-15)21-24-25-22(30-21)23-20(27)17-6-8-19(9-7-17)31(28,29)26-10-4-3-5-11-26/h6-9,12-14H,3-5,10-11H2,1-2H3,(H,23,25,27). The third-order valence-electron chi connectivity index (χ3n) is 5.18. The lowest BCUT2D eigenvalue weighted by Crippen LogP contribution is -2.35. The normalized spacial score (nSPS) is 15.0. The molecule has 31 heavy (non-hydrogen) atoms. The van der Waals surface area contributed by atoms with Gasteiger partial charge in [-0.05, 0) is 63.1 Å². The molecule has 1 N–H and O–H groups in total. The van der Waals surface area contributed by atoms with Gasteiger partial charge in [0.15, 0.2) is 0 Å². The van der Waals surface area contributed by atoms with Crippen LogP contribution in [0, 0.1) is 13.8 Å². The van der Waals surface area contributed by atoms with E-state index in [1.165, 1.54) is 28.6 Å². The van der Waals surface area contributed by atoms with Crippen molar-refractivity contribution in [1.82, 2.24) is 14.5 Å². The minimum Gasteiger partial charge on any atom is -0.403 e. The number of rotatable bonds is 5. The van der Waals surface area contributed by atoms with Gasteiger partial charge in [0, 0.05) is 24.2 Å². The highest BCUT2D eigenvalue weighted by atomic mass is 32.2. The topological polar surface area (TPSA) is 105 Å². The van der Waals surface area contributed by atoms with Gasteiger partial charge in [-0.1, -0.05) is 28.7 Å². The van der Waals surface area contributed by atoms with Gasteiger partial charge in [-0.2, -0.15) is 4.31 Å². The van der Waals surface area contributed by atoms with Crippen LogP contribution in [0.5, 0.6) is 0 Å². The summed E-state index contributed by atoms with van der Waals surface area (Å²) < 4.78 is 32.5. The van der Waals surface area contributed by atoms with Gasteiger partial charge in [0.25, 0.3) is 5.91 Å². The Labute approximate surface area is 181 Å². The summed E-state index contributed by atoms with van der Waals surface area (Å²) in [7, 11) is -3.54. The van der Waals surface area contributed by atoms with Crippen LogP contribution in [0.2, 0.25) is 0 Å². The Kier molecular flexibility index (Phi) is 5.88. The number of piperidine rings is 1. The summed E-state index contributed by atoms with van der Waals surface area (Å²) in [5, 5.41) is 10.4. The molecule has 9 heteroatoms. The van der Waals surface area contributed by atoms with Gasteiger partial charge in [-0.25, -0.2) is 8.42 Å². The molecule has 1 fully saturated rings. The maximum Gasteiger partial charge on any atom is 0.322 e. The van der Waals surface area contributed by atoms with Crippen LogP contribution in [-0.2, 0) is 10.0 Å². The fourth-order valence-electron chi connectivity index (χ4n) is 3.69. The van der Waals surface area contributed by atoms with E-state index >= 15 is 0 Å². The molecular formula is C22H24N4O4S. The Morgan fingerprint density at radius 3 is 2.26 bits per heavy atom. The zero-order valence-corrected chi connectivity index (χ0v) is 18.3. The summed E-state index contributed by atoms with van der Waals surface area (Å²) in [5.74, 6) is -0.150. The van der Waals surface area contributed by atoms with Crippen LogP contribution in [0.4, 0.5) is 6.01 Å². The molecule has 1 aliphatic heterocycles. The summed E-state index contributed by atoms with van der Waals surface area (Å²) in [6.45, 7) is 5.02. The molecule has 0 unspecified atom stereocenters. The summed E-state index contributed by atoms with van der Waals surface area (Å²) >= 11 is 0. The molecule has 2 aromatic carbocycles. The van der Waals surface area contributed by atoms with E-state index in [2.05, 4.69) is 15.5 Å². The highest BCUT2D eigenvalue weighted by Crippen LogP contribution is 2.24. The first-order chi connectivity index (χ1) is 14.8. The molecular weight excluding hydrogens is 416 g/mol. The van der Waals surface area contributed by atoms with Crippen LogP contribution in [0.25, 0.3) is 11.5 Å². The van der Waals surface area contributed by atoms with E-state index in [0.717, 1.165) is 36.0 Å². The third kappa shape index (κ3) is 4.67. The third-order valence-corrected chi connectivity index (χ3v) is 7.10. The van der Waals surface area contributed by atoms with Crippen molar-refractivity contribution in [2.75, 3.05) is 18.4 Å². The zero-order valence-electron chi connectivity index (χ0n) is 17.5. The first-order valence-electron chi connectivity index (χ1n) is 10.2. The first-order valence-corrected chi connectivity index (χ1v) is 11.6. The van der Waals surface area contributed by atoms with Crippen molar-refractivity contribution in [3.8, 4) is 11.5 Å². The van der Waals surface area contributed by atoms with Crippen molar-refractivity contribution >= 4 is 21.9 Å². The van der Waals surface area contributed by atoms with Crippen LogP contribution >= 0.6 is 0 Å². The van der Waals surface area contributed by atoms with E-state index in [4.69, 9.17) is 4.42 Å². The molecule has 0 saturated carbocycles. The summed E-state index contributed by atoms with van der Waals surface area (Å²) in [4.78, 5) is 12.7. The second-order valence-electron chi connectivity index (χ2n) is 7.73. The van der Waals surface area contributed by atoms with Crippen molar-refractivity contribution < 1.29 is 17.6 Å². The number of anilines is 1. The lowest BCUT2D eigenvalue weighted by molar-refractivity contribution is 0.102. The Morgan fingerprint density at radius 2 is 1.61 bits per heavy atom. The molecule has 1 aromatic heterocycles. The van der Waals surface area contributed by atoms with Crippen molar-refractivity contribution in [3.63, 3.8) is 0 Å². The molecule has 4 rings (SSSR count). The molecule has 0 bridgehead atoms. The summed E-state index contributed by atoms with van der Waals surface area (Å²) in [6, 6.07) is 11.7. The number of hydrogen-bond acceptors (Lipinski definition) is 6. The van der Waals surface area contributed by atoms with Gasteiger partial charge in [0.1, 0.15) is 0 Å². The minimum atomic E-state index is -3.54. The van der Waals surface area contributed by atoms with Crippen LogP contribution in [-0.4, -0.2) is 41.9 Å². The van der Waals surface area contributed by atoms with Crippen molar-refractivity contribution in [2.45, 2.75) is 38.0 Å².